The molecule has 0 bridgehead atoms. The third kappa shape index (κ3) is 4.06. The van der Waals surface area contributed by atoms with Gasteiger partial charge in [-0.05, 0) is 37.6 Å². The van der Waals surface area contributed by atoms with Gasteiger partial charge in [0, 0.05) is 31.4 Å². The number of hydrogen-bond donors (Lipinski definition) is 1. The van der Waals surface area contributed by atoms with Crippen molar-refractivity contribution in [2.24, 2.45) is 5.92 Å². The lowest BCUT2D eigenvalue weighted by atomic mass is 9.99. The first-order chi connectivity index (χ1) is 14.0. The maximum atomic E-state index is 12.4. The highest BCUT2D eigenvalue weighted by Crippen LogP contribution is 2.24. The second-order valence-corrected chi connectivity index (χ2v) is 7.24. The van der Waals surface area contributed by atoms with E-state index in [4.69, 9.17) is 4.74 Å². The quantitative estimate of drug-likeness (QED) is 0.691. The molecule has 2 aromatic heterocycles. The molecule has 1 aliphatic rings. The van der Waals surface area contributed by atoms with Crippen LogP contribution >= 0.6 is 0 Å². The maximum absolute atomic E-state index is 12.4. The Morgan fingerprint density at radius 3 is 2.69 bits per heavy atom. The summed E-state index contributed by atoms with van der Waals surface area (Å²) in [7, 11) is 1.63. The van der Waals surface area contributed by atoms with E-state index in [9.17, 15) is 4.79 Å². The van der Waals surface area contributed by atoms with E-state index in [0.717, 1.165) is 34.3 Å². The summed E-state index contributed by atoms with van der Waals surface area (Å²) in [5, 5.41) is 7.47. The van der Waals surface area contributed by atoms with E-state index in [1.165, 1.54) is 6.33 Å². The number of aromatic nitrogens is 4. The summed E-state index contributed by atoms with van der Waals surface area (Å²) in [6, 6.07) is 11.6. The minimum atomic E-state index is -0.0484. The lowest BCUT2D eigenvalue weighted by Crippen LogP contribution is -2.54. The molecule has 8 nitrogen and oxygen atoms in total. The molecule has 0 unspecified atom stereocenters. The third-order valence-corrected chi connectivity index (χ3v) is 5.04. The van der Waals surface area contributed by atoms with Gasteiger partial charge in [0.2, 0.25) is 5.91 Å². The number of methoxy groups -OCH3 is 1. The van der Waals surface area contributed by atoms with Gasteiger partial charge in [0.15, 0.2) is 5.82 Å². The summed E-state index contributed by atoms with van der Waals surface area (Å²) >= 11 is 0. The minimum absolute atomic E-state index is 0.0484. The Labute approximate surface area is 169 Å². The molecule has 1 aromatic carbocycles. The number of rotatable bonds is 6. The van der Waals surface area contributed by atoms with Gasteiger partial charge >= 0.3 is 0 Å². The van der Waals surface area contributed by atoms with Gasteiger partial charge in [-0.3, -0.25) is 4.79 Å². The van der Waals surface area contributed by atoms with Gasteiger partial charge in [-0.1, -0.05) is 12.1 Å². The van der Waals surface area contributed by atoms with Gasteiger partial charge < -0.3 is 15.0 Å². The Morgan fingerprint density at radius 1 is 1.17 bits per heavy atom. The summed E-state index contributed by atoms with van der Waals surface area (Å²) in [6.45, 7) is 5.71. The van der Waals surface area contributed by atoms with Crippen molar-refractivity contribution in [2.75, 3.05) is 25.1 Å². The zero-order valence-electron chi connectivity index (χ0n) is 16.8. The molecule has 3 heterocycles. The second kappa shape index (κ2) is 7.90. The number of hydrogen-bond acceptors (Lipinski definition) is 6. The first kappa shape index (κ1) is 18.9. The molecular weight excluding hydrogens is 368 g/mol. The lowest BCUT2D eigenvalue weighted by molar-refractivity contribution is -0.125. The van der Waals surface area contributed by atoms with Crippen LogP contribution in [0.3, 0.4) is 0 Å². The zero-order valence-corrected chi connectivity index (χ0v) is 16.8. The fraction of sp³-hybridized carbons (Fsp3) is 0.333. The van der Waals surface area contributed by atoms with Gasteiger partial charge in [-0.25, -0.2) is 14.6 Å². The zero-order chi connectivity index (χ0) is 20.4. The second-order valence-electron chi connectivity index (χ2n) is 7.24. The first-order valence-corrected chi connectivity index (χ1v) is 9.55. The van der Waals surface area contributed by atoms with Crippen LogP contribution in [-0.2, 0) is 11.3 Å². The number of nitrogens with one attached hydrogen (secondary N) is 1. The van der Waals surface area contributed by atoms with Crippen molar-refractivity contribution >= 4 is 11.7 Å². The van der Waals surface area contributed by atoms with Crippen molar-refractivity contribution in [3.8, 4) is 11.6 Å². The van der Waals surface area contributed by atoms with Crippen LogP contribution in [0, 0.1) is 19.8 Å². The van der Waals surface area contributed by atoms with Crippen molar-refractivity contribution in [1.29, 1.82) is 0 Å². The Morgan fingerprint density at radius 2 is 1.97 bits per heavy atom. The molecule has 1 saturated heterocycles. The van der Waals surface area contributed by atoms with Crippen molar-refractivity contribution < 1.29 is 9.53 Å². The van der Waals surface area contributed by atoms with E-state index in [1.54, 1.807) is 11.8 Å². The van der Waals surface area contributed by atoms with Crippen LogP contribution in [0.25, 0.3) is 5.82 Å². The average Bonchev–Trinajstić information content (AvgIpc) is 3.04. The molecular formula is C21H24N6O2. The van der Waals surface area contributed by atoms with Crippen molar-refractivity contribution in [3.63, 3.8) is 0 Å². The van der Waals surface area contributed by atoms with E-state index in [2.05, 4.69) is 25.3 Å². The Kier molecular flexibility index (Phi) is 5.16. The van der Waals surface area contributed by atoms with Crippen LogP contribution in [0.1, 0.15) is 17.0 Å². The van der Waals surface area contributed by atoms with Crippen LogP contribution in [0.15, 0.2) is 42.7 Å². The van der Waals surface area contributed by atoms with Crippen LogP contribution in [0.2, 0.25) is 0 Å². The van der Waals surface area contributed by atoms with Crippen molar-refractivity contribution in [1.82, 2.24) is 25.1 Å². The van der Waals surface area contributed by atoms with Crippen LogP contribution in [-0.4, -0.2) is 45.9 Å². The number of aryl methyl sites for hydroxylation is 2. The lowest BCUT2D eigenvalue weighted by Gasteiger charge is -2.39. The molecule has 0 saturated carbocycles. The summed E-state index contributed by atoms with van der Waals surface area (Å²) < 4.78 is 7.02. The largest absolute Gasteiger partial charge is 0.497 e. The monoisotopic (exact) mass is 392 g/mol. The summed E-state index contributed by atoms with van der Waals surface area (Å²) in [5.41, 5.74) is 2.98. The minimum Gasteiger partial charge on any atom is -0.497 e. The van der Waals surface area contributed by atoms with E-state index in [0.29, 0.717) is 19.6 Å². The van der Waals surface area contributed by atoms with E-state index in [-0.39, 0.29) is 11.8 Å². The predicted molar refractivity (Wildman–Crippen MR) is 109 cm³/mol. The van der Waals surface area contributed by atoms with Crippen LogP contribution < -0.4 is 15.0 Å². The molecule has 29 heavy (non-hydrogen) atoms. The highest BCUT2D eigenvalue weighted by atomic mass is 16.5. The van der Waals surface area contributed by atoms with Crippen molar-refractivity contribution in [3.05, 3.63) is 59.7 Å². The SMILES string of the molecule is COc1cccc(CNC(=O)C2CN(c3cc(-n4nc(C)cc4C)ncn3)C2)c1. The number of benzene rings is 1. The molecule has 150 valence electrons. The highest BCUT2D eigenvalue weighted by molar-refractivity contribution is 5.81. The molecule has 3 aromatic rings. The first-order valence-electron chi connectivity index (χ1n) is 9.55. The van der Waals surface area contributed by atoms with Gasteiger partial charge in [-0.2, -0.15) is 5.10 Å². The number of anilines is 1. The molecule has 4 rings (SSSR count). The Balaban J connectivity index is 1.34. The maximum Gasteiger partial charge on any atom is 0.226 e. The van der Waals surface area contributed by atoms with E-state index in [1.807, 2.05) is 50.2 Å². The van der Waals surface area contributed by atoms with Gasteiger partial charge in [0.05, 0.1) is 18.7 Å². The highest BCUT2D eigenvalue weighted by Gasteiger charge is 2.33. The fourth-order valence-electron chi connectivity index (χ4n) is 3.43. The standard InChI is InChI=1S/C21H24N6O2/c1-14-7-15(2)27(25-14)20-9-19(23-13-24-20)26-11-17(12-26)21(28)22-10-16-5-4-6-18(8-16)29-3/h4-9,13,17H,10-12H2,1-3H3,(H,22,28). The van der Waals surface area contributed by atoms with Crippen LogP contribution in [0.4, 0.5) is 5.82 Å². The van der Waals surface area contributed by atoms with E-state index >= 15 is 0 Å². The topological polar surface area (TPSA) is 85.2 Å². The molecule has 0 aliphatic carbocycles. The van der Waals surface area contributed by atoms with Gasteiger partial charge in [0.25, 0.3) is 0 Å². The third-order valence-electron chi connectivity index (χ3n) is 5.04. The molecule has 0 radical (unpaired) electrons. The Hall–Kier alpha value is -3.42. The molecule has 1 fully saturated rings. The molecule has 0 spiro atoms. The van der Waals surface area contributed by atoms with Crippen LogP contribution in [0.5, 0.6) is 5.75 Å². The normalized spacial score (nSPS) is 13.8. The summed E-state index contributed by atoms with van der Waals surface area (Å²) in [6.07, 6.45) is 1.54. The molecule has 1 aliphatic heterocycles. The number of nitrogens with zero attached hydrogens (tertiary/aromatic N) is 5. The number of amides is 1. The number of carbonyl (C=O) groups is 1. The van der Waals surface area contributed by atoms with Crippen molar-refractivity contribution in [2.45, 2.75) is 20.4 Å². The summed E-state index contributed by atoms with van der Waals surface area (Å²) in [4.78, 5) is 23.2. The molecule has 1 amide bonds. The molecule has 1 N–H and O–H groups in total. The summed E-state index contributed by atoms with van der Waals surface area (Å²) in [5.74, 6) is 2.32. The van der Waals surface area contributed by atoms with E-state index < -0.39 is 0 Å². The average molecular weight is 392 g/mol. The number of ether oxygens (including phenoxy) is 1. The van der Waals surface area contributed by atoms with Gasteiger partial charge in [0.1, 0.15) is 17.9 Å². The predicted octanol–water partition coefficient (Wildman–Crippen LogP) is 2.04. The van der Waals surface area contributed by atoms with Gasteiger partial charge in [-0.15, -0.1) is 0 Å². The fourth-order valence-corrected chi connectivity index (χ4v) is 3.43. The number of carbonyl (C=O) groups excluding carboxylic acids is 1. The smallest absolute Gasteiger partial charge is 0.226 e. The molecule has 8 heteroatoms. The Bertz CT molecular complexity index is 1030. The molecule has 0 atom stereocenters.